The molecule has 1 aromatic heterocycles. The van der Waals surface area contributed by atoms with Gasteiger partial charge in [0.1, 0.15) is 5.82 Å². The Morgan fingerprint density at radius 3 is 2.50 bits per heavy atom. The van der Waals surface area contributed by atoms with Crippen LogP contribution in [-0.2, 0) is 17.8 Å². The molecule has 0 spiro atoms. The highest BCUT2D eigenvalue weighted by atomic mass is 16.4. The molecule has 3 rings (SSSR count). The van der Waals surface area contributed by atoms with Crippen molar-refractivity contribution in [3.63, 3.8) is 0 Å². The lowest BCUT2D eigenvalue weighted by Gasteiger charge is -2.22. The second kappa shape index (κ2) is 3.83. The Hall–Kier alpha value is -1.85. The molecular formula is C12H14N2O4. The van der Waals surface area contributed by atoms with E-state index >= 15 is 0 Å². The zero-order valence-corrected chi connectivity index (χ0v) is 9.80. The fraction of sp³-hybridized carbons (Fsp3) is 0.583. The molecule has 18 heavy (non-hydrogen) atoms. The van der Waals surface area contributed by atoms with Crippen molar-refractivity contribution < 1.29 is 19.8 Å². The van der Waals surface area contributed by atoms with Crippen LogP contribution in [0.25, 0.3) is 0 Å². The monoisotopic (exact) mass is 250 g/mol. The first kappa shape index (κ1) is 11.3. The van der Waals surface area contributed by atoms with Crippen LogP contribution in [0.2, 0.25) is 0 Å². The highest BCUT2D eigenvalue weighted by Gasteiger charge is 2.36. The molecule has 1 aliphatic heterocycles. The molecule has 6 nitrogen and oxygen atoms in total. The van der Waals surface area contributed by atoms with E-state index in [9.17, 15) is 9.59 Å². The molecule has 1 saturated carbocycles. The molecule has 2 N–H and O–H groups in total. The van der Waals surface area contributed by atoms with Gasteiger partial charge in [-0.15, -0.1) is 0 Å². The average molecular weight is 250 g/mol. The summed E-state index contributed by atoms with van der Waals surface area (Å²) in [6.07, 6.45) is 3.02. The Morgan fingerprint density at radius 1 is 1.22 bits per heavy atom. The first-order valence-corrected chi connectivity index (χ1v) is 6.13. The lowest BCUT2D eigenvalue weighted by molar-refractivity contribution is -0.142. The Labute approximate surface area is 103 Å². The third-order valence-electron chi connectivity index (χ3n) is 3.73. The van der Waals surface area contributed by atoms with E-state index in [4.69, 9.17) is 10.2 Å². The van der Waals surface area contributed by atoms with Gasteiger partial charge in [0.25, 0.3) is 0 Å². The predicted octanol–water partition coefficient (Wildman–Crippen LogP) is 1.11. The number of carbonyl (C=O) groups is 2. The first-order valence-electron chi connectivity index (χ1n) is 6.13. The second-order valence-corrected chi connectivity index (χ2v) is 5.03. The summed E-state index contributed by atoms with van der Waals surface area (Å²) in [4.78, 5) is 26.4. The number of nitrogens with zero attached hydrogens (tertiary/aromatic N) is 2. The van der Waals surface area contributed by atoms with Gasteiger partial charge < -0.3 is 14.8 Å². The number of imidazole rings is 1. The summed E-state index contributed by atoms with van der Waals surface area (Å²) < 4.78 is 1.84. The van der Waals surface area contributed by atoms with Crippen LogP contribution in [0.1, 0.15) is 47.2 Å². The van der Waals surface area contributed by atoms with Gasteiger partial charge in [0, 0.05) is 12.5 Å². The number of hydrogen-bond donors (Lipinski definition) is 2. The highest BCUT2D eigenvalue weighted by molar-refractivity contribution is 5.87. The number of carboxylic acids is 2. The maximum Gasteiger partial charge on any atom is 0.356 e. The zero-order chi connectivity index (χ0) is 12.9. The summed E-state index contributed by atoms with van der Waals surface area (Å²) in [5, 5.41) is 18.2. The molecule has 1 aromatic rings. The molecule has 96 valence electrons. The molecule has 1 aliphatic carbocycles. The molecule has 0 saturated heterocycles. The van der Waals surface area contributed by atoms with Crippen LogP contribution in [-0.4, -0.2) is 31.7 Å². The third-order valence-corrected chi connectivity index (χ3v) is 3.73. The molecule has 2 aliphatic rings. The molecule has 0 aromatic carbocycles. The van der Waals surface area contributed by atoms with Crippen molar-refractivity contribution in [3.05, 3.63) is 17.2 Å². The fourth-order valence-corrected chi connectivity index (χ4v) is 2.61. The van der Waals surface area contributed by atoms with Crippen molar-refractivity contribution in [2.24, 2.45) is 5.92 Å². The Bertz CT molecular complexity index is 530. The molecule has 1 atom stereocenters. The van der Waals surface area contributed by atoms with E-state index < -0.39 is 17.9 Å². The summed E-state index contributed by atoms with van der Waals surface area (Å²) in [5.74, 6) is -1.16. The van der Waals surface area contributed by atoms with Crippen LogP contribution in [0.5, 0.6) is 0 Å². The minimum Gasteiger partial charge on any atom is -0.481 e. The quantitative estimate of drug-likeness (QED) is 0.838. The maximum absolute atomic E-state index is 11.2. The van der Waals surface area contributed by atoms with E-state index in [1.54, 1.807) is 0 Å². The molecule has 0 radical (unpaired) electrons. The Kier molecular flexibility index (Phi) is 2.39. The molecule has 0 bridgehead atoms. The zero-order valence-electron chi connectivity index (χ0n) is 9.80. The van der Waals surface area contributed by atoms with Gasteiger partial charge in [0.05, 0.1) is 11.6 Å². The summed E-state index contributed by atoms with van der Waals surface area (Å²) >= 11 is 0. The van der Waals surface area contributed by atoms with Crippen LogP contribution < -0.4 is 0 Å². The van der Waals surface area contributed by atoms with Gasteiger partial charge in [-0.25, -0.2) is 9.78 Å². The van der Waals surface area contributed by atoms with E-state index in [2.05, 4.69) is 4.98 Å². The Morgan fingerprint density at radius 2 is 1.94 bits per heavy atom. The largest absolute Gasteiger partial charge is 0.481 e. The molecule has 1 fully saturated rings. The van der Waals surface area contributed by atoms with Crippen molar-refractivity contribution >= 4 is 11.9 Å². The summed E-state index contributed by atoms with van der Waals surface area (Å²) in [6, 6.07) is 0. The first-order chi connectivity index (χ1) is 8.58. The Balaban J connectivity index is 2.03. The van der Waals surface area contributed by atoms with E-state index in [1.807, 2.05) is 4.57 Å². The second-order valence-electron chi connectivity index (χ2n) is 5.03. The van der Waals surface area contributed by atoms with E-state index in [0.29, 0.717) is 31.0 Å². The van der Waals surface area contributed by atoms with Gasteiger partial charge in [-0.3, -0.25) is 4.79 Å². The smallest absolute Gasteiger partial charge is 0.356 e. The van der Waals surface area contributed by atoms with Crippen molar-refractivity contribution in [2.75, 3.05) is 0 Å². The third kappa shape index (κ3) is 1.68. The van der Waals surface area contributed by atoms with Gasteiger partial charge in [0.2, 0.25) is 0 Å². The van der Waals surface area contributed by atoms with E-state index in [0.717, 1.165) is 18.7 Å². The number of fused-ring (bicyclic) bond motifs is 1. The van der Waals surface area contributed by atoms with Gasteiger partial charge in [0.15, 0.2) is 5.69 Å². The minimum absolute atomic E-state index is 0.112. The van der Waals surface area contributed by atoms with Gasteiger partial charge >= 0.3 is 11.9 Å². The van der Waals surface area contributed by atoms with Gasteiger partial charge in [-0.05, 0) is 25.7 Å². The van der Waals surface area contributed by atoms with Gasteiger partial charge in [-0.1, -0.05) is 0 Å². The van der Waals surface area contributed by atoms with Gasteiger partial charge in [-0.2, -0.15) is 0 Å². The van der Waals surface area contributed by atoms with Crippen molar-refractivity contribution in [1.82, 2.24) is 9.55 Å². The highest BCUT2D eigenvalue weighted by Crippen LogP contribution is 2.41. The molecule has 1 unspecified atom stereocenters. The van der Waals surface area contributed by atoms with Crippen LogP contribution in [0, 0.1) is 5.92 Å². The van der Waals surface area contributed by atoms with Crippen molar-refractivity contribution in [1.29, 1.82) is 0 Å². The topological polar surface area (TPSA) is 92.4 Å². The van der Waals surface area contributed by atoms with Crippen LogP contribution in [0.15, 0.2) is 0 Å². The van der Waals surface area contributed by atoms with E-state index in [1.165, 1.54) is 0 Å². The van der Waals surface area contributed by atoms with Crippen LogP contribution in [0.3, 0.4) is 0 Å². The molecule has 0 amide bonds. The molecule has 6 heteroatoms. The number of hydrogen-bond acceptors (Lipinski definition) is 3. The number of aliphatic carboxylic acids is 1. The SMILES string of the molecule is O=C(O)c1nc(C2CC2)n2c1CCC(C(=O)O)C2. The van der Waals surface area contributed by atoms with Crippen molar-refractivity contribution in [2.45, 2.75) is 38.1 Å². The normalized spacial score (nSPS) is 22.6. The summed E-state index contributed by atoms with van der Waals surface area (Å²) in [7, 11) is 0. The van der Waals surface area contributed by atoms with E-state index in [-0.39, 0.29) is 5.69 Å². The lowest BCUT2D eigenvalue weighted by Crippen LogP contribution is -2.27. The standard InChI is InChI=1S/C12H14N2O4/c15-11(16)7-3-4-8-9(12(17)18)13-10(6-1-2-6)14(8)5-7/h6-7H,1-5H2,(H,15,16)(H,17,18). The predicted molar refractivity (Wildman–Crippen MR) is 60.6 cm³/mol. The van der Waals surface area contributed by atoms with Crippen LogP contribution in [0.4, 0.5) is 0 Å². The minimum atomic E-state index is -1.01. The maximum atomic E-state index is 11.2. The fourth-order valence-electron chi connectivity index (χ4n) is 2.61. The lowest BCUT2D eigenvalue weighted by atomic mass is 9.97. The number of carboxylic acid groups (broad SMARTS) is 2. The number of aromatic carboxylic acids is 1. The molecule has 2 heterocycles. The summed E-state index contributed by atoms with van der Waals surface area (Å²) in [6.45, 7) is 0.358. The average Bonchev–Trinajstić information content (AvgIpc) is 3.09. The number of rotatable bonds is 3. The van der Waals surface area contributed by atoms with Crippen molar-refractivity contribution in [3.8, 4) is 0 Å². The van der Waals surface area contributed by atoms with Crippen LogP contribution >= 0.6 is 0 Å². The summed E-state index contributed by atoms with van der Waals surface area (Å²) in [5.41, 5.74) is 0.808. The molecular weight excluding hydrogens is 236 g/mol. The number of aromatic nitrogens is 2.